The van der Waals surface area contributed by atoms with E-state index in [-0.39, 0.29) is 6.04 Å². The van der Waals surface area contributed by atoms with E-state index in [4.69, 9.17) is 5.73 Å². The Bertz CT molecular complexity index is 345. The minimum Gasteiger partial charge on any atom is -0.321 e. The Morgan fingerprint density at radius 3 is 2.82 bits per heavy atom. The molecule has 0 amide bonds. The molecule has 17 heavy (non-hydrogen) atoms. The highest BCUT2D eigenvalue weighted by Crippen LogP contribution is 2.31. The summed E-state index contributed by atoms with van der Waals surface area (Å²) in [4.78, 5) is 9.00. The van der Waals surface area contributed by atoms with Gasteiger partial charge in [-0.3, -0.25) is 0 Å². The van der Waals surface area contributed by atoms with Gasteiger partial charge in [0.15, 0.2) is 0 Å². The van der Waals surface area contributed by atoms with Crippen LogP contribution in [-0.2, 0) is 0 Å². The van der Waals surface area contributed by atoms with Crippen molar-refractivity contribution < 1.29 is 0 Å². The summed E-state index contributed by atoms with van der Waals surface area (Å²) in [6.45, 7) is 2.14. The summed E-state index contributed by atoms with van der Waals surface area (Å²) in [6.07, 6.45) is 10.5. The Balaban J connectivity index is 2.09. The first-order valence-electron chi connectivity index (χ1n) is 6.89. The lowest BCUT2D eigenvalue weighted by Crippen LogP contribution is -2.16. The van der Waals surface area contributed by atoms with Crippen LogP contribution in [0.1, 0.15) is 75.3 Å². The largest absolute Gasteiger partial charge is 0.321 e. The lowest BCUT2D eigenvalue weighted by atomic mass is 9.87. The zero-order valence-electron chi connectivity index (χ0n) is 10.7. The number of nitrogens with zero attached hydrogens (tertiary/aromatic N) is 2. The van der Waals surface area contributed by atoms with Crippen LogP contribution >= 0.6 is 0 Å². The van der Waals surface area contributed by atoms with E-state index in [1.165, 1.54) is 37.8 Å². The standard InChI is InChI=1S/C14H23N3/c1-2-6-12(15)14-16-10-9-13(17-14)11-7-4-3-5-8-11/h9-12H,2-8,15H2,1H3. The minimum atomic E-state index is 0.00328. The van der Waals surface area contributed by atoms with E-state index in [1.54, 1.807) is 0 Å². The van der Waals surface area contributed by atoms with Crippen molar-refractivity contribution >= 4 is 0 Å². The molecule has 1 aliphatic carbocycles. The predicted molar refractivity (Wildman–Crippen MR) is 69.7 cm³/mol. The summed E-state index contributed by atoms with van der Waals surface area (Å²) >= 11 is 0. The Morgan fingerprint density at radius 2 is 2.12 bits per heavy atom. The molecule has 0 aromatic carbocycles. The number of rotatable bonds is 4. The van der Waals surface area contributed by atoms with Crippen molar-refractivity contribution in [3.8, 4) is 0 Å². The Morgan fingerprint density at radius 1 is 1.35 bits per heavy atom. The zero-order chi connectivity index (χ0) is 12.1. The van der Waals surface area contributed by atoms with E-state index in [2.05, 4.69) is 23.0 Å². The van der Waals surface area contributed by atoms with Crippen LogP contribution in [0.25, 0.3) is 0 Å². The summed E-state index contributed by atoms with van der Waals surface area (Å²) in [5.74, 6) is 1.47. The van der Waals surface area contributed by atoms with Gasteiger partial charge in [-0.05, 0) is 25.3 Å². The fraction of sp³-hybridized carbons (Fsp3) is 0.714. The van der Waals surface area contributed by atoms with Gasteiger partial charge in [-0.15, -0.1) is 0 Å². The van der Waals surface area contributed by atoms with Crippen LogP contribution in [-0.4, -0.2) is 9.97 Å². The molecular formula is C14H23N3. The fourth-order valence-electron chi connectivity index (χ4n) is 2.63. The highest BCUT2D eigenvalue weighted by molar-refractivity contribution is 5.10. The molecule has 0 spiro atoms. The van der Waals surface area contributed by atoms with Crippen molar-refractivity contribution in [2.75, 3.05) is 0 Å². The summed E-state index contributed by atoms with van der Waals surface area (Å²) in [5.41, 5.74) is 7.29. The monoisotopic (exact) mass is 233 g/mol. The van der Waals surface area contributed by atoms with Crippen LogP contribution in [0.5, 0.6) is 0 Å². The molecule has 94 valence electrons. The van der Waals surface area contributed by atoms with Crippen LogP contribution in [0.2, 0.25) is 0 Å². The molecule has 0 bridgehead atoms. The average Bonchev–Trinajstić information content (AvgIpc) is 2.40. The molecule has 0 saturated heterocycles. The molecule has 1 aromatic rings. The van der Waals surface area contributed by atoms with Gasteiger partial charge in [0.05, 0.1) is 6.04 Å². The smallest absolute Gasteiger partial charge is 0.145 e. The molecule has 2 N–H and O–H groups in total. The highest BCUT2D eigenvalue weighted by atomic mass is 14.9. The second-order valence-electron chi connectivity index (χ2n) is 5.07. The van der Waals surface area contributed by atoms with Gasteiger partial charge in [-0.2, -0.15) is 0 Å². The molecule has 0 aliphatic heterocycles. The van der Waals surface area contributed by atoms with Gasteiger partial charge in [0, 0.05) is 17.8 Å². The average molecular weight is 233 g/mol. The third-order valence-corrected chi connectivity index (χ3v) is 3.65. The third-order valence-electron chi connectivity index (χ3n) is 3.65. The van der Waals surface area contributed by atoms with Gasteiger partial charge >= 0.3 is 0 Å². The Kier molecular flexibility index (Phi) is 4.49. The first kappa shape index (κ1) is 12.5. The molecule has 1 saturated carbocycles. The van der Waals surface area contributed by atoms with Crippen LogP contribution in [0.3, 0.4) is 0 Å². The van der Waals surface area contributed by atoms with Crippen molar-refractivity contribution in [3.63, 3.8) is 0 Å². The lowest BCUT2D eigenvalue weighted by Gasteiger charge is -2.21. The second kappa shape index (κ2) is 6.10. The van der Waals surface area contributed by atoms with Gasteiger partial charge in [0.2, 0.25) is 0 Å². The molecule has 1 aromatic heterocycles. The summed E-state index contributed by atoms with van der Waals surface area (Å²) in [7, 11) is 0. The van der Waals surface area contributed by atoms with Crippen LogP contribution in [0, 0.1) is 0 Å². The van der Waals surface area contributed by atoms with E-state index in [0.29, 0.717) is 5.92 Å². The quantitative estimate of drug-likeness (QED) is 0.868. The van der Waals surface area contributed by atoms with Crippen LogP contribution < -0.4 is 5.73 Å². The molecule has 3 heteroatoms. The Hall–Kier alpha value is -0.960. The first-order valence-corrected chi connectivity index (χ1v) is 6.89. The molecular weight excluding hydrogens is 210 g/mol. The molecule has 1 unspecified atom stereocenters. The molecule has 1 fully saturated rings. The van der Waals surface area contributed by atoms with Gasteiger partial charge in [-0.25, -0.2) is 9.97 Å². The molecule has 1 heterocycles. The minimum absolute atomic E-state index is 0.00328. The number of aromatic nitrogens is 2. The number of hydrogen-bond acceptors (Lipinski definition) is 3. The maximum Gasteiger partial charge on any atom is 0.145 e. The zero-order valence-corrected chi connectivity index (χ0v) is 10.7. The number of hydrogen-bond donors (Lipinski definition) is 1. The molecule has 1 atom stereocenters. The molecule has 1 aliphatic rings. The maximum atomic E-state index is 6.08. The Labute approximate surface area is 104 Å². The van der Waals surface area contributed by atoms with E-state index >= 15 is 0 Å². The van der Waals surface area contributed by atoms with Crippen molar-refractivity contribution in [3.05, 3.63) is 23.8 Å². The normalized spacial score (nSPS) is 19.2. The number of nitrogens with two attached hydrogens (primary N) is 1. The summed E-state index contributed by atoms with van der Waals surface area (Å²) < 4.78 is 0. The fourth-order valence-corrected chi connectivity index (χ4v) is 2.63. The van der Waals surface area contributed by atoms with E-state index in [0.717, 1.165) is 18.7 Å². The lowest BCUT2D eigenvalue weighted by molar-refractivity contribution is 0.433. The first-order chi connectivity index (χ1) is 8.31. The summed E-state index contributed by atoms with van der Waals surface area (Å²) in [5, 5.41) is 0. The third kappa shape index (κ3) is 3.25. The van der Waals surface area contributed by atoms with E-state index in [9.17, 15) is 0 Å². The highest BCUT2D eigenvalue weighted by Gasteiger charge is 2.18. The van der Waals surface area contributed by atoms with Crippen molar-refractivity contribution in [1.29, 1.82) is 0 Å². The molecule has 0 radical (unpaired) electrons. The summed E-state index contributed by atoms with van der Waals surface area (Å²) in [6, 6.07) is 2.07. The van der Waals surface area contributed by atoms with Crippen LogP contribution in [0.4, 0.5) is 0 Å². The molecule has 3 nitrogen and oxygen atoms in total. The van der Waals surface area contributed by atoms with Gasteiger partial charge in [0.1, 0.15) is 5.82 Å². The topological polar surface area (TPSA) is 51.8 Å². The molecule has 2 rings (SSSR count). The predicted octanol–water partition coefficient (Wildman–Crippen LogP) is 3.32. The van der Waals surface area contributed by atoms with E-state index < -0.39 is 0 Å². The van der Waals surface area contributed by atoms with Gasteiger partial charge in [0.25, 0.3) is 0 Å². The van der Waals surface area contributed by atoms with Crippen molar-refractivity contribution in [2.45, 2.75) is 63.8 Å². The van der Waals surface area contributed by atoms with Gasteiger partial charge in [-0.1, -0.05) is 32.6 Å². The van der Waals surface area contributed by atoms with Crippen LogP contribution in [0.15, 0.2) is 12.3 Å². The van der Waals surface area contributed by atoms with Crippen molar-refractivity contribution in [1.82, 2.24) is 9.97 Å². The SMILES string of the molecule is CCCC(N)c1nccc(C2CCCCC2)n1. The van der Waals surface area contributed by atoms with Gasteiger partial charge < -0.3 is 5.73 Å². The van der Waals surface area contributed by atoms with E-state index in [1.807, 2.05) is 6.20 Å². The maximum absolute atomic E-state index is 6.08. The van der Waals surface area contributed by atoms with Crippen molar-refractivity contribution in [2.24, 2.45) is 5.73 Å². The second-order valence-corrected chi connectivity index (χ2v) is 5.07.